The van der Waals surface area contributed by atoms with Gasteiger partial charge in [0.25, 0.3) is 11.1 Å². The summed E-state index contributed by atoms with van der Waals surface area (Å²) in [5, 5.41) is -0.297. The third kappa shape index (κ3) is 4.44. The first-order chi connectivity index (χ1) is 14.1. The highest BCUT2D eigenvalue weighted by Crippen LogP contribution is 2.36. The van der Waals surface area contributed by atoms with E-state index in [0.717, 1.165) is 27.4 Å². The molecule has 3 aromatic rings. The molecule has 0 atom stereocenters. The van der Waals surface area contributed by atoms with E-state index < -0.39 is 0 Å². The molecule has 1 saturated heterocycles. The Balaban J connectivity index is 1.50. The fraction of sp³-hybridized carbons (Fsp3) is 0.0435. The van der Waals surface area contributed by atoms with Gasteiger partial charge < -0.3 is 4.74 Å². The van der Waals surface area contributed by atoms with Gasteiger partial charge in [0.15, 0.2) is 0 Å². The van der Waals surface area contributed by atoms with Crippen LogP contribution in [0.25, 0.3) is 6.08 Å². The molecule has 0 unspecified atom stereocenters. The molecular weight excluding hydrogens is 450 g/mol. The van der Waals surface area contributed by atoms with E-state index in [1.165, 1.54) is 4.90 Å². The van der Waals surface area contributed by atoms with Gasteiger partial charge in [-0.15, -0.1) is 0 Å². The average molecular weight is 466 g/mol. The van der Waals surface area contributed by atoms with Crippen molar-refractivity contribution in [1.82, 2.24) is 0 Å². The van der Waals surface area contributed by atoms with Crippen LogP contribution in [0.15, 0.2) is 88.2 Å². The number of hydrogen-bond acceptors (Lipinski definition) is 4. The lowest BCUT2D eigenvalue weighted by atomic mass is 10.2. The third-order valence-corrected chi connectivity index (χ3v) is 5.79. The van der Waals surface area contributed by atoms with Gasteiger partial charge in [-0.1, -0.05) is 54.6 Å². The summed E-state index contributed by atoms with van der Waals surface area (Å²) in [6.07, 6.45) is 1.72. The molecule has 1 fully saturated rings. The van der Waals surface area contributed by atoms with E-state index in [4.69, 9.17) is 4.74 Å². The van der Waals surface area contributed by atoms with E-state index in [0.29, 0.717) is 22.9 Å². The standard InChI is InChI=1S/C23H16BrNO3S/c24-19-13-17(11-12-20(19)28-15-16-7-3-1-4-8-16)14-21-22(26)25(23(27)29-21)18-9-5-2-6-10-18/h1-14H,15H2/b21-14-. The lowest BCUT2D eigenvalue weighted by Crippen LogP contribution is -2.27. The number of amides is 2. The van der Waals surface area contributed by atoms with Crippen LogP contribution >= 0.6 is 27.7 Å². The quantitative estimate of drug-likeness (QED) is 0.416. The van der Waals surface area contributed by atoms with Crippen molar-refractivity contribution >= 4 is 50.6 Å². The van der Waals surface area contributed by atoms with Crippen LogP contribution in [0.3, 0.4) is 0 Å². The molecule has 0 N–H and O–H groups in total. The Hall–Kier alpha value is -2.83. The first kappa shape index (κ1) is 19.5. The highest BCUT2D eigenvalue weighted by atomic mass is 79.9. The smallest absolute Gasteiger partial charge is 0.298 e. The van der Waals surface area contributed by atoms with Crippen molar-refractivity contribution in [3.8, 4) is 5.75 Å². The largest absolute Gasteiger partial charge is 0.488 e. The molecule has 0 saturated carbocycles. The van der Waals surface area contributed by atoms with Crippen LogP contribution < -0.4 is 9.64 Å². The van der Waals surface area contributed by atoms with Gasteiger partial charge in [0.2, 0.25) is 0 Å². The summed E-state index contributed by atoms with van der Waals surface area (Å²) in [4.78, 5) is 26.6. The average Bonchev–Trinajstić information content (AvgIpc) is 3.02. The molecular formula is C23H16BrNO3S. The summed E-state index contributed by atoms with van der Waals surface area (Å²) in [7, 11) is 0. The van der Waals surface area contributed by atoms with Crippen LogP contribution in [-0.2, 0) is 11.4 Å². The van der Waals surface area contributed by atoms with E-state index in [9.17, 15) is 9.59 Å². The summed E-state index contributed by atoms with van der Waals surface area (Å²) in [5.41, 5.74) is 2.46. The number of ether oxygens (including phenoxy) is 1. The van der Waals surface area contributed by atoms with E-state index >= 15 is 0 Å². The van der Waals surface area contributed by atoms with Crippen LogP contribution in [0.5, 0.6) is 5.75 Å². The molecule has 0 aromatic heterocycles. The predicted molar refractivity (Wildman–Crippen MR) is 120 cm³/mol. The third-order valence-electron chi connectivity index (χ3n) is 4.30. The summed E-state index contributed by atoms with van der Waals surface area (Å²) in [6, 6.07) is 24.4. The Labute approximate surface area is 181 Å². The minimum atomic E-state index is -0.313. The monoisotopic (exact) mass is 465 g/mol. The summed E-state index contributed by atoms with van der Waals surface area (Å²) >= 11 is 4.46. The van der Waals surface area contributed by atoms with Gasteiger partial charge in [0.05, 0.1) is 15.1 Å². The predicted octanol–water partition coefficient (Wildman–Crippen LogP) is 6.27. The molecule has 3 aromatic carbocycles. The Kier molecular flexibility index (Phi) is 5.83. The Morgan fingerprint density at radius 2 is 1.62 bits per heavy atom. The second-order valence-electron chi connectivity index (χ2n) is 6.32. The molecule has 0 aliphatic carbocycles. The van der Waals surface area contributed by atoms with E-state index in [2.05, 4.69) is 15.9 Å². The number of anilines is 1. The fourth-order valence-electron chi connectivity index (χ4n) is 2.88. The molecule has 29 heavy (non-hydrogen) atoms. The number of hydrogen-bond donors (Lipinski definition) is 0. The van der Waals surface area contributed by atoms with Gasteiger partial charge in [0, 0.05) is 0 Å². The van der Waals surface area contributed by atoms with Crippen LogP contribution in [0.2, 0.25) is 0 Å². The van der Waals surface area contributed by atoms with Crippen molar-refractivity contribution in [3.63, 3.8) is 0 Å². The number of thioether (sulfide) groups is 1. The number of nitrogens with zero attached hydrogens (tertiary/aromatic N) is 1. The van der Waals surface area contributed by atoms with Gasteiger partial charge >= 0.3 is 0 Å². The number of carbonyl (C=O) groups excluding carboxylic acids is 2. The number of imide groups is 1. The first-order valence-corrected chi connectivity index (χ1v) is 10.5. The lowest BCUT2D eigenvalue weighted by molar-refractivity contribution is -0.113. The minimum Gasteiger partial charge on any atom is -0.488 e. The SMILES string of the molecule is O=C1S/C(=C\c2ccc(OCc3ccccc3)c(Br)c2)C(=O)N1c1ccccc1. The molecule has 0 bridgehead atoms. The number of benzene rings is 3. The zero-order chi connectivity index (χ0) is 20.2. The van der Waals surface area contributed by atoms with Crippen molar-refractivity contribution in [2.75, 3.05) is 4.90 Å². The van der Waals surface area contributed by atoms with Crippen molar-refractivity contribution in [3.05, 3.63) is 99.4 Å². The summed E-state index contributed by atoms with van der Waals surface area (Å²) in [6.45, 7) is 0.467. The van der Waals surface area contributed by atoms with Crippen LogP contribution in [0.1, 0.15) is 11.1 Å². The molecule has 0 radical (unpaired) electrons. The zero-order valence-electron chi connectivity index (χ0n) is 15.2. The van der Waals surface area contributed by atoms with Crippen molar-refractivity contribution in [2.45, 2.75) is 6.61 Å². The van der Waals surface area contributed by atoms with Crippen molar-refractivity contribution in [1.29, 1.82) is 0 Å². The molecule has 2 amide bonds. The van der Waals surface area contributed by atoms with E-state index in [1.54, 1.807) is 30.3 Å². The molecule has 4 rings (SSSR count). The first-order valence-electron chi connectivity index (χ1n) is 8.91. The van der Waals surface area contributed by atoms with Gasteiger partial charge in [-0.05, 0) is 69.2 Å². The van der Waals surface area contributed by atoms with Crippen molar-refractivity contribution in [2.24, 2.45) is 0 Å². The lowest BCUT2D eigenvalue weighted by Gasteiger charge is -2.11. The van der Waals surface area contributed by atoms with Crippen LogP contribution in [0, 0.1) is 0 Å². The normalized spacial score (nSPS) is 15.2. The summed E-state index contributed by atoms with van der Waals surface area (Å²) < 4.78 is 6.64. The molecule has 1 aliphatic rings. The second-order valence-corrected chi connectivity index (χ2v) is 8.16. The topological polar surface area (TPSA) is 46.6 Å². The maximum Gasteiger partial charge on any atom is 0.298 e. The number of rotatable bonds is 5. The Morgan fingerprint density at radius 1 is 0.931 bits per heavy atom. The Bertz CT molecular complexity index is 1080. The van der Waals surface area contributed by atoms with Gasteiger partial charge in [-0.2, -0.15) is 0 Å². The number of para-hydroxylation sites is 1. The van der Waals surface area contributed by atoms with Gasteiger partial charge in [-0.3, -0.25) is 9.59 Å². The maximum atomic E-state index is 12.7. The maximum absolute atomic E-state index is 12.7. The molecule has 1 aliphatic heterocycles. The summed E-state index contributed by atoms with van der Waals surface area (Å²) in [5.74, 6) is 0.398. The highest BCUT2D eigenvalue weighted by Gasteiger charge is 2.36. The number of halogens is 1. The highest BCUT2D eigenvalue weighted by molar-refractivity contribution is 9.10. The van der Waals surface area contributed by atoms with E-state index in [1.807, 2.05) is 54.6 Å². The molecule has 6 heteroatoms. The minimum absolute atomic E-state index is 0.297. The number of carbonyl (C=O) groups is 2. The molecule has 144 valence electrons. The second kappa shape index (κ2) is 8.68. The Morgan fingerprint density at radius 3 is 2.31 bits per heavy atom. The molecule has 0 spiro atoms. The van der Waals surface area contributed by atoms with E-state index in [-0.39, 0.29) is 11.1 Å². The zero-order valence-corrected chi connectivity index (χ0v) is 17.7. The van der Waals surface area contributed by atoms with Crippen molar-refractivity contribution < 1.29 is 14.3 Å². The van der Waals surface area contributed by atoms with Crippen LogP contribution in [0.4, 0.5) is 10.5 Å². The van der Waals surface area contributed by atoms with Gasteiger partial charge in [-0.25, -0.2) is 4.90 Å². The van der Waals surface area contributed by atoms with Gasteiger partial charge in [0.1, 0.15) is 12.4 Å². The fourth-order valence-corrected chi connectivity index (χ4v) is 4.23. The molecule has 4 nitrogen and oxygen atoms in total. The molecule has 1 heterocycles. The van der Waals surface area contributed by atoms with Crippen LogP contribution in [-0.4, -0.2) is 11.1 Å².